The molecule has 0 aliphatic carbocycles. The van der Waals surface area contributed by atoms with Crippen LogP contribution >= 0.6 is 0 Å². The van der Waals surface area contributed by atoms with Gasteiger partial charge in [0.1, 0.15) is 0 Å². The topological polar surface area (TPSA) is 60.4 Å². The Bertz CT molecular complexity index is 326. The van der Waals surface area contributed by atoms with Gasteiger partial charge in [0.25, 0.3) is 0 Å². The summed E-state index contributed by atoms with van der Waals surface area (Å²) in [6, 6.07) is 0. The lowest BCUT2D eigenvalue weighted by molar-refractivity contribution is -0.134. The van der Waals surface area contributed by atoms with E-state index >= 15 is 0 Å². The van der Waals surface area contributed by atoms with Gasteiger partial charge in [0, 0.05) is 6.08 Å². The van der Waals surface area contributed by atoms with Crippen LogP contribution in [0.1, 0.15) is 12.8 Å². The molecule has 0 spiro atoms. The summed E-state index contributed by atoms with van der Waals surface area (Å²) in [7, 11) is -1.69. The Morgan fingerprint density at radius 2 is 2.23 bits per heavy atom. The number of hydrogen-bond acceptors (Lipinski definition) is 4. The van der Waals surface area contributed by atoms with Crippen molar-refractivity contribution < 1.29 is 17.9 Å². The van der Waals surface area contributed by atoms with Gasteiger partial charge in [0.05, 0.1) is 18.6 Å². The van der Waals surface area contributed by atoms with Gasteiger partial charge in [0.15, 0.2) is 9.84 Å². The van der Waals surface area contributed by atoms with E-state index in [4.69, 9.17) is 0 Å². The predicted molar refractivity (Wildman–Crippen MR) is 48.0 cm³/mol. The molecule has 0 bridgehead atoms. The van der Waals surface area contributed by atoms with Gasteiger partial charge in [-0.1, -0.05) is 0 Å². The number of hydrogen-bond donors (Lipinski definition) is 0. The maximum Gasteiger partial charge on any atom is 0.330 e. The van der Waals surface area contributed by atoms with Gasteiger partial charge in [0.2, 0.25) is 0 Å². The van der Waals surface area contributed by atoms with E-state index in [1.165, 1.54) is 13.2 Å². The molecule has 74 valence electrons. The van der Waals surface area contributed by atoms with E-state index in [-0.39, 0.29) is 11.5 Å². The maximum atomic E-state index is 11.1. The molecular formula is C8H12O4S. The van der Waals surface area contributed by atoms with Crippen LogP contribution in [0, 0.1) is 0 Å². The highest BCUT2D eigenvalue weighted by Gasteiger charge is 2.20. The number of methoxy groups -OCH3 is 1. The summed E-state index contributed by atoms with van der Waals surface area (Å²) in [5.74, 6) is -0.250. The number of ether oxygens (including phenoxy) is 1. The smallest absolute Gasteiger partial charge is 0.330 e. The molecule has 1 heterocycles. The summed E-state index contributed by atoms with van der Waals surface area (Å²) in [6.07, 6.45) is 2.55. The largest absolute Gasteiger partial charge is 0.466 e. The van der Waals surface area contributed by atoms with Crippen LogP contribution in [0.25, 0.3) is 0 Å². The minimum absolute atomic E-state index is 0.00208. The highest BCUT2D eigenvalue weighted by Crippen LogP contribution is 2.17. The first-order chi connectivity index (χ1) is 6.03. The van der Waals surface area contributed by atoms with Gasteiger partial charge < -0.3 is 4.74 Å². The number of esters is 1. The summed E-state index contributed by atoms with van der Waals surface area (Å²) in [5, 5.41) is 0. The highest BCUT2D eigenvalue weighted by molar-refractivity contribution is 7.91. The average molecular weight is 204 g/mol. The summed E-state index contributed by atoms with van der Waals surface area (Å²) in [4.78, 5) is 10.8. The fraction of sp³-hybridized carbons (Fsp3) is 0.625. The van der Waals surface area contributed by atoms with Crippen molar-refractivity contribution in [1.82, 2.24) is 0 Å². The van der Waals surface area contributed by atoms with Crippen LogP contribution in [0.5, 0.6) is 0 Å². The van der Waals surface area contributed by atoms with Crippen LogP contribution in [0.15, 0.2) is 11.6 Å². The lowest BCUT2D eigenvalue weighted by Crippen LogP contribution is -2.19. The van der Waals surface area contributed by atoms with Gasteiger partial charge in [-0.05, 0) is 18.4 Å². The summed E-state index contributed by atoms with van der Waals surface area (Å²) in [5.41, 5.74) is 0.651. The van der Waals surface area contributed by atoms with Crippen LogP contribution in [0.2, 0.25) is 0 Å². The fourth-order valence-electron chi connectivity index (χ4n) is 1.29. The summed E-state index contributed by atoms with van der Waals surface area (Å²) >= 11 is 0. The van der Waals surface area contributed by atoms with Crippen molar-refractivity contribution in [2.24, 2.45) is 0 Å². The molecule has 13 heavy (non-hydrogen) atoms. The second-order valence-electron chi connectivity index (χ2n) is 3.02. The molecule has 0 aromatic heterocycles. The molecule has 1 rings (SSSR count). The first kappa shape index (κ1) is 10.2. The van der Waals surface area contributed by atoms with Gasteiger partial charge in [-0.15, -0.1) is 0 Å². The highest BCUT2D eigenvalue weighted by atomic mass is 32.2. The molecule has 5 heteroatoms. The van der Waals surface area contributed by atoms with Crippen molar-refractivity contribution in [3.8, 4) is 0 Å². The molecule has 0 amide bonds. The van der Waals surface area contributed by atoms with Crippen LogP contribution in [-0.4, -0.2) is 33.0 Å². The zero-order valence-electron chi connectivity index (χ0n) is 7.45. The van der Waals surface area contributed by atoms with Crippen LogP contribution in [0.3, 0.4) is 0 Å². The van der Waals surface area contributed by atoms with E-state index in [9.17, 15) is 13.2 Å². The molecule has 1 aliphatic rings. The number of sulfone groups is 1. The molecule has 1 saturated heterocycles. The first-order valence-electron chi connectivity index (χ1n) is 4.01. The number of rotatable bonds is 1. The van der Waals surface area contributed by atoms with Crippen molar-refractivity contribution in [2.45, 2.75) is 12.8 Å². The molecule has 0 unspecified atom stereocenters. The zero-order valence-corrected chi connectivity index (χ0v) is 8.26. The number of carbonyl (C=O) groups excluding carboxylic acids is 1. The molecule has 1 fully saturated rings. The average Bonchev–Trinajstić information content (AvgIpc) is 2.02. The third-order valence-corrected chi connectivity index (χ3v) is 3.60. The van der Waals surface area contributed by atoms with E-state index in [2.05, 4.69) is 4.74 Å². The number of carbonyl (C=O) groups is 1. The van der Waals surface area contributed by atoms with E-state index in [1.807, 2.05) is 0 Å². The molecule has 0 saturated carbocycles. The lowest BCUT2D eigenvalue weighted by Gasteiger charge is -2.13. The molecule has 0 N–H and O–H groups in total. The standard InChI is InChI=1S/C8H12O4S/c1-12-8(9)5-7-3-2-4-13(10,11)6-7/h5H,2-4,6H2,1H3/b7-5-. The molecule has 0 radical (unpaired) electrons. The Kier molecular flexibility index (Phi) is 3.08. The summed E-state index contributed by atoms with van der Waals surface area (Å²) in [6.45, 7) is 0. The Labute approximate surface area is 77.5 Å². The first-order valence-corrected chi connectivity index (χ1v) is 5.83. The molecule has 0 aromatic rings. The predicted octanol–water partition coefficient (Wildman–Crippen LogP) is 0.294. The van der Waals surface area contributed by atoms with E-state index in [0.717, 1.165) is 0 Å². The van der Waals surface area contributed by atoms with E-state index < -0.39 is 15.8 Å². The third kappa shape index (κ3) is 3.18. The SMILES string of the molecule is COC(=O)/C=C1/CCCS(=O)(=O)C1. The van der Waals surface area contributed by atoms with Gasteiger partial charge in [-0.2, -0.15) is 0 Å². The third-order valence-electron chi connectivity index (χ3n) is 1.88. The van der Waals surface area contributed by atoms with Crippen molar-refractivity contribution >= 4 is 15.8 Å². The maximum absolute atomic E-state index is 11.1. The molecule has 0 atom stereocenters. The Hall–Kier alpha value is -0.840. The normalized spacial score (nSPS) is 24.2. The second kappa shape index (κ2) is 3.91. The Morgan fingerprint density at radius 1 is 1.54 bits per heavy atom. The van der Waals surface area contributed by atoms with Crippen molar-refractivity contribution in [1.29, 1.82) is 0 Å². The minimum Gasteiger partial charge on any atom is -0.466 e. The molecular weight excluding hydrogens is 192 g/mol. The van der Waals surface area contributed by atoms with Crippen molar-refractivity contribution in [3.05, 3.63) is 11.6 Å². The van der Waals surface area contributed by atoms with Gasteiger partial charge >= 0.3 is 5.97 Å². The van der Waals surface area contributed by atoms with Crippen molar-refractivity contribution in [2.75, 3.05) is 18.6 Å². The van der Waals surface area contributed by atoms with Gasteiger partial charge in [-0.3, -0.25) is 0 Å². The van der Waals surface area contributed by atoms with Crippen LogP contribution in [0.4, 0.5) is 0 Å². The zero-order chi connectivity index (χ0) is 9.90. The summed E-state index contributed by atoms with van der Waals surface area (Å²) < 4.78 is 26.7. The van der Waals surface area contributed by atoms with Crippen LogP contribution in [-0.2, 0) is 19.4 Å². The Balaban J connectivity index is 2.72. The second-order valence-corrected chi connectivity index (χ2v) is 5.21. The molecule has 1 aliphatic heterocycles. The van der Waals surface area contributed by atoms with E-state index in [0.29, 0.717) is 18.4 Å². The molecule has 0 aromatic carbocycles. The molecule has 4 nitrogen and oxygen atoms in total. The minimum atomic E-state index is -2.96. The van der Waals surface area contributed by atoms with Crippen molar-refractivity contribution in [3.63, 3.8) is 0 Å². The van der Waals surface area contributed by atoms with Crippen LogP contribution < -0.4 is 0 Å². The Morgan fingerprint density at radius 3 is 2.77 bits per heavy atom. The lowest BCUT2D eigenvalue weighted by atomic mass is 10.1. The quantitative estimate of drug-likeness (QED) is 0.455. The monoisotopic (exact) mass is 204 g/mol. The van der Waals surface area contributed by atoms with E-state index in [1.54, 1.807) is 0 Å². The fourth-order valence-corrected chi connectivity index (χ4v) is 2.81. The van der Waals surface area contributed by atoms with Gasteiger partial charge in [-0.25, -0.2) is 13.2 Å².